The Hall–Kier alpha value is -3.02. The average Bonchev–Trinajstić information content (AvgIpc) is 2.54. The Labute approximate surface area is 126 Å². The second-order valence-electron chi connectivity index (χ2n) is 4.84. The normalized spacial score (nSPS) is 10.6. The summed E-state index contributed by atoms with van der Waals surface area (Å²) in [5.74, 6) is -0.509. The van der Waals surface area contributed by atoms with Gasteiger partial charge < -0.3 is 4.74 Å². The van der Waals surface area contributed by atoms with E-state index in [-0.39, 0.29) is 12.3 Å². The molecule has 0 unspecified atom stereocenters. The van der Waals surface area contributed by atoms with Crippen molar-refractivity contribution in [3.8, 4) is 0 Å². The van der Waals surface area contributed by atoms with Crippen molar-refractivity contribution in [2.75, 3.05) is 0 Å². The van der Waals surface area contributed by atoms with Crippen LogP contribution < -0.4 is 5.56 Å². The number of hydrogen-bond acceptors (Lipinski definition) is 5. The van der Waals surface area contributed by atoms with E-state index in [2.05, 4.69) is 10.3 Å². The fourth-order valence-corrected chi connectivity index (χ4v) is 2.08. The van der Waals surface area contributed by atoms with Gasteiger partial charge in [0.25, 0.3) is 5.56 Å². The lowest BCUT2D eigenvalue weighted by Gasteiger charge is -2.07. The molecule has 0 aliphatic heterocycles. The number of aryl methyl sites for hydroxylation is 1. The van der Waals surface area contributed by atoms with Crippen LogP contribution in [0.5, 0.6) is 0 Å². The summed E-state index contributed by atoms with van der Waals surface area (Å²) in [4.78, 5) is 24.2. The van der Waals surface area contributed by atoms with Crippen LogP contribution in [0.25, 0.3) is 10.9 Å². The Kier molecular flexibility index (Phi) is 3.65. The molecule has 0 N–H and O–H groups in total. The van der Waals surface area contributed by atoms with Crippen LogP contribution in [0.2, 0.25) is 0 Å². The van der Waals surface area contributed by atoms with Gasteiger partial charge >= 0.3 is 5.97 Å². The minimum absolute atomic E-state index is 0.274. The monoisotopic (exact) mass is 295 g/mol. The van der Waals surface area contributed by atoms with Gasteiger partial charge in [0.1, 0.15) is 5.52 Å². The predicted octanol–water partition coefficient (Wildman–Crippen LogP) is 1.91. The average molecular weight is 295 g/mol. The molecule has 6 heteroatoms. The minimum Gasteiger partial charge on any atom is -0.439 e. The summed E-state index contributed by atoms with van der Waals surface area (Å²) >= 11 is 0. The first-order valence-corrected chi connectivity index (χ1v) is 6.71. The molecule has 0 radical (unpaired) electrons. The Morgan fingerprint density at radius 3 is 2.82 bits per heavy atom. The lowest BCUT2D eigenvalue weighted by Crippen LogP contribution is -2.26. The van der Waals surface area contributed by atoms with E-state index in [1.165, 1.54) is 0 Å². The van der Waals surface area contributed by atoms with Gasteiger partial charge in [-0.15, -0.1) is 5.10 Å². The molecular formula is C16H13N3O3. The molecule has 3 rings (SSSR count). The van der Waals surface area contributed by atoms with Gasteiger partial charge in [0.15, 0.2) is 6.73 Å². The molecule has 0 spiro atoms. The van der Waals surface area contributed by atoms with Gasteiger partial charge in [-0.3, -0.25) is 4.79 Å². The molecule has 0 fully saturated rings. The van der Waals surface area contributed by atoms with Gasteiger partial charge in [-0.2, -0.15) is 4.68 Å². The molecule has 1 heterocycles. The fourth-order valence-electron chi connectivity index (χ4n) is 2.08. The number of carbonyl (C=O) groups is 1. The summed E-state index contributed by atoms with van der Waals surface area (Å²) in [7, 11) is 0. The number of ether oxygens (including phenoxy) is 1. The molecule has 0 aliphatic carbocycles. The number of hydrogen-bond donors (Lipinski definition) is 0. The van der Waals surface area contributed by atoms with Crippen molar-refractivity contribution in [3.05, 3.63) is 70.0 Å². The van der Waals surface area contributed by atoms with Crippen molar-refractivity contribution >= 4 is 16.9 Å². The summed E-state index contributed by atoms with van der Waals surface area (Å²) in [6, 6.07) is 13.9. The maximum absolute atomic E-state index is 12.2. The highest BCUT2D eigenvalue weighted by Crippen LogP contribution is 2.06. The number of aromatic nitrogens is 3. The van der Waals surface area contributed by atoms with Gasteiger partial charge in [-0.05, 0) is 31.2 Å². The summed E-state index contributed by atoms with van der Waals surface area (Å²) in [5.41, 5.74) is 1.55. The number of benzene rings is 2. The van der Waals surface area contributed by atoms with E-state index in [9.17, 15) is 9.59 Å². The summed E-state index contributed by atoms with van der Waals surface area (Å²) in [5, 5.41) is 8.13. The highest BCUT2D eigenvalue weighted by Gasteiger charge is 2.10. The highest BCUT2D eigenvalue weighted by atomic mass is 16.5. The van der Waals surface area contributed by atoms with Crippen LogP contribution in [0.3, 0.4) is 0 Å². The SMILES string of the molecule is Cc1cccc(C(=O)OCn2nnc3ccccc3c2=O)c1. The maximum atomic E-state index is 12.2. The zero-order chi connectivity index (χ0) is 15.5. The van der Waals surface area contributed by atoms with E-state index in [1.807, 2.05) is 13.0 Å². The number of rotatable bonds is 3. The van der Waals surface area contributed by atoms with Crippen molar-refractivity contribution in [2.24, 2.45) is 0 Å². The van der Waals surface area contributed by atoms with Crippen LogP contribution in [0.1, 0.15) is 15.9 Å². The van der Waals surface area contributed by atoms with E-state index >= 15 is 0 Å². The molecule has 0 saturated heterocycles. The van der Waals surface area contributed by atoms with Crippen LogP contribution in [-0.4, -0.2) is 21.0 Å². The Morgan fingerprint density at radius 2 is 2.00 bits per heavy atom. The van der Waals surface area contributed by atoms with Crippen LogP contribution >= 0.6 is 0 Å². The number of fused-ring (bicyclic) bond motifs is 1. The van der Waals surface area contributed by atoms with Gasteiger partial charge in [0.05, 0.1) is 10.9 Å². The quantitative estimate of drug-likeness (QED) is 0.690. The van der Waals surface area contributed by atoms with E-state index < -0.39 is 5.97 Å². The van der Waals surface area contributed by atoms with Crippen LogP contribution in [0.4, 0.5) is 0 Å². The first-order chi connectivity index (χ1) is 10.6. The third-order valence-corrected chi connectivity index (χ3v) is 3.20. The maximum Gasteiger partial charge on any atom is 0.339 e. The second-order valence-corrected chi connectivity index (χ2v) is 4.84. The predicted molar refractivity (Wildman–Crippen MR) is 80.4 cm³/mol. The van der Waals surface area contributed by atoms with Gasteiger partial charge in [-0.1, -0.05) is 35.0 Å². The molecule has 1 aromatic heterocycles. The molecule has 0 amide bonds. The summed E-state index contributed by atoms with van der Waals surface area (Å²) < 4.78 is 6.14. The fraction of sp³-hybridized carbons (Fsp3) is 0.125. The molecule has 2 aromatic carbocycles. The highest BCUT2D eigenvalue weighted by molar-refractivity contribution is 5.89. The van der Waals surface area contributed by atoms with Gasteiger partial charge in [0, 0.05) is 0 Å². The lowest BCUT2D eigenvalue weighted by molar-refractivity contribution is 0.0336. The zero-order valence-corrected chi connectivity index (χ0v) is 11.9. The van der Waals surface area contributed by atoms with E-state index in [0.717, 1.165) is 10.2 Å². The minimum atomic E-state index is -0.509. The molecule has 6 nitrogen and oxygen atoms in total. The Balaban J connectivity index is 1.81. The number of carbonyl (C=O) groups excluding carboxylic acids is 1. The molecule has 110 valence electrons. The molecule has 3 aromatic rings. The summed E-state index contributed by atoms with van der Waals surface area (Å²) in [6.07, 6.45) is 0. The topological polar surface area (TPSA) is 74.1 Å². The third kappa shape index (κ3) is 2.71. The number of esters is 1. The molecular weight excluding hydrogens is 282 g/mol. The van der Waals surface area contributed by atoms with Crippen molar-refractivity contribution in [3.63, 3.8) is 0 Å². The standard InChI is InChI=1S/C16H13N3O3/c1-11-5-4-6-12(9-11)16(21)22-10-19-15(20)13-7-2-3-8-14(13)17-18-19/h2-9H,10H2,1H3. The van der Waals surface area contributed by atoms with Crippen LogP contribution in [-0.2, 0) is 11.5 Å². The van der Waals surface area contributed by atoms with Crippen molar-refractivity contribution < 1.29 is 9.53 Å². The summed E-state index contributed by atoms with van der Waals surface area (Å²) in [6.45, 7) is 1.61. The van der Waals surface area contributed by atoms with Gasteiger partial charge in [-0.25, -0.2) is 4.79 Å². The molecule has 0 bridgehead atoms. The first-order valence-electron chi connectivity index (χ1n) is 6.71. The molecule has 0 aliphatic rings. The van der Waals surface area contributed by atoms with Crippen molar-refractivity contribution in [1.29, 1.82) is 0 Å². The Morgan fingerprint density at radius 1 is 1.18 bits per heavy atom. The first kappa shape index (κ1) is 13.9. The van der Waals surface area contributed by atoms with E-state index in [1.54, 1.807) is 42.5 Å². The zero-order valence-electron chi connectivity index (χ0n) is 11.9. The van der Waals surface area contributed by atoms with Crippen LogP contribution in [0.15, 0.2) is 53.3 Å². The van der Waals surface area contributed by atoms with Crippen molar-refractivity contribution in [1.82, 2.24) is 15.0 Å². The second kappa shape index (κ2) is 5.77. The number of nitrogens with zero attached hydrogens (tertiary/aromatic N) is 3. The molecule has 0 atom stereocenters. The smallest absolute Gasteiger partial charge is 0.339 e. The van der Waals surface area contributed by atoms with Crippen LogP contribution in [0, 0.1) is 6.92 Å². The largest absolute Gasteiger partial charge is 0.439 e. The van der Waals surface area contributed by atoms with Gasteiger partial charge in [0.2, 0.25) is 0 Å². The van der Waals surface area contributed by atoms with E-state index in [4.69, 9.17) is 4.74 Å². The molecule has 0 saturated carbocycles. The Bertz CT molecular complexity index is 902. The third-order valence-electron chi connectivity index (χ3n) is 3.20. The van der Waals surface area contributed by atoms with E-state index in [0.29, 0.717) is 16.5 Å². The lowest BCUT2D eigenvalue weighted by atomic mass is 10.1. The molecule has 22 heavy (non-hydrogen) atoms. The van der Waals surface area contributed by atoms with Crippen molar-refractivity contribution in [2.45, 2.75) is 13.7 Å².